The highest BCUT2D eigenvalue weighted by Crippen LogP contribution is 2.57. The number of rotatable bonds is 1. The maximum atomic E-state index is 9.31. The summed E-state index contributed by atoms with van der Waals surface area (Å²) in [6.45, 7) is 2.17. The molecule has 0 radical (unpaired) electrons. The lowest BCUT2D eigenvalue weighted by Crippen LogP contribution is -2.43. The van der Waals surface area contributed by atoms with E-state index in [0.717, 1.165) is 19.3 Å². The van der Waals surface area contributed by atoms with Gasteiger partial charge < -0.3 is 0 Å². The van der Waals surface area contributed by atoms with Crippen molar-refractivity contribution in [3.63, 3.8) is 0 Å². The molecular weight excluding hydrogens is 206 g/mol. The minimum absolute atomic E-state index is 0.0333. The van der Waals surface area contributed by atoms with E-state index in [1.54, 1.807) is 0 Å². The van der Waals surface area contributed by atoms with Crippen LogP contribution in [0.15, 0.2) is 24.3 Å². The van der Waals surface area contributed by atoms with Crippen LogP contribution in [0.4, 0.5) is 0 Å². The molecule has 1 aromatic carbocycles. The molecule has 3 fully saturated rings. The summed E-state index contributed by atoms with van der Waals surface area (Å²) in [5.41, 5.74) is 3.30. The third-order valence-corrected chi connectivity index (χ3v) is 5.11. The van der Waals surface area contributed by atoms with Crippen LogP contribution in [0, 0.1) is 23.7 Å². The van der Waals surface area contributed by atoms with Crippen molar-refractivity contribution in [3.05, 3.63) is 35.4 Å². The lowest BCUT2D eigenvalue weighted by atomic mass is 9.52. The fourth-order valence-electron chi connectivity index (χ4n) is 3.76. The van der Waals surface area contributed by atoms with Crippen molar-refractivity contribution in [1.82, 2.24) is 0 Å². The summed E-state index contributed by atoms with van der Waals surface area (Å²) < 4.78 is 0. The SMILES string of the molecule is Cc1cccc(C23CCC(C#N)(CC2)CC3)c1. The van der Waals surface area contributed by atoms with E-state index in [-0.39, 0.29) is 5.41 Å². The van der Waals surface area contributed by atoms with Crippen LogP contribution in [0.1, 0.15) is 49.7 Å². The van der Waals surface area contributed by atoms with Crippen LogP contribution in [0.3, 0.4) is 0 Å². The summed E-state index contributed by atoms with van der Waals surface area (Å²) >= 11 is 0. The van der Waals surface area contributed by atoms with Crippen molar-refractivity contribution in [1.29, 1.82) is 5.26 Å². The van der Waals surface area contributed by atoms with E-state index in [4.69, 9.17) is 0 Å². The molecule has 3 aliphatic carbocycles. The van der Waals surface area contributed by atoms with Gasteiger partial charge in [-0.2, -0.15) is 5.26 Å². The maximum Gasteiger partial charge on any atom is 0.0689 e. The zero-order valence-corrected chi connectivity index (χ0v) is 10.5. The molecule has 1 heteroatoms. The number of nitriles is 1. The molecule has 0 aliphatic heterocycles. The molecular formula is C16H19N. The van der Waals surface area contributed by atoms with Gasteiger partial charge >= 0.3 is 0 Å². The molecule has 4 rings (SSSR count). The van der Waals surface area contributed by atoms with Gasteiger partial charge in [0.15, 0.2) is 0 Å². The van der Waals surface area contributed by atoms with Gasteiger partial charge in [0.2, 0.25) is 0 Å². The molecule has 88 valence electrons. The lowest BCUT2D eigenvalue weighted by molar-refractivity contribution is 0.0849. The van der Waals surface area contributed by atoms with Gasteiger partial charge in [0.25, 0.3) is 0 Å². The molecule has 3 saturated carbocycles. The standard InChI is InChI=1S/C16H19N/c1-13-3-2-4-14(11-13)16-8-5-15(12-17,6-9-16)7-10-16/h2-4,11H,5-10H2,1H3. The zero-order chi connectivity index (χ0) is 11.9. The van der Waals surface area contributed by atoms with Crippen LogP contribution in [0.2, 0.25) is 0 Å². The van der Waals surface area contributed by atoms with Crippen molar-refractivity contribution < 1.29 is 0 Å². The highest BCUT2D eigenvalue weighted by Gasteiger charge is 2.49. The van der Waals surface area contributed by atoms with Gasteiger partial charge in [0.1, 0.15) is 0 Å². The fraction of sp³-hybridized carbons (Fsp3) is 0.562. The highest BCUT2D eigenvalue weighted by atomic mass is 14.5. The van der Waals surface area contributed by atoms with E-state index in [9.17, 15) is 5.26 Å². The average Bonchev–Trinajstić information content (AvgIpc) is 2.41. The molecule has 1 nitrogen and oxygen atoms in total. The monoisotopic (exact) mass is 225 g/mol. The zero-order valence-electron chi connectivity index (χ0n) is 10.5. The molecule has 0 atom stereocenters. The van der Waals surface area contributed by atoms with E-state index < -0.39 is 0 Å². The Hall–Kier alpha value is -1.29. The number of aryl methyl sites for hydroxylation is 1. The Morgan fingerprint density at radius 1 is 1.06 bits per heavy atom. The van der Waals surface area contributed by atoms with Crippen LogP contribution in [0.5, 0.6) is 0 Å². The third kappa shape index (κ3) is 1.59. The molecule has 0 amide bonds. The highest BCUT2D eigenvalue weighted by molar-refractivity contribution is 5.32. The summed E-state index contributed by atoms with van der Waals surface area (Å²) in [7, 11) is 0. The maximum absolute atomic E-state index is 9.31. The van der Waals surface area contributed by atoms with Gasteiger partial charge in [-0.15, -0.1) is 0 Å². The van der Waals surface area contributed by atoms with Crippen molar-refractivity contribution in [3.8, 4) is 6.07 Å². The molecule has 0 spiro atoms. The quantitative estimate of drug-likeness (QED) is 0.705. The molecule has 17 heavy (non-hydrogen) atoms. The third-order valence-electron chi connectivity index (χ3n) is 5.11. The largest absolute Gasteiger partial charge is 0.198 e. The van der Waals surface area contributed by atoms with Crippen molar-refractivity contribution in [2.45, 2.75) is 50.9 Å². The second-order valence-corrected chi connectivity index (χ2v) is 6.04. The number of hydrogen-bond donors (Lipinski definition) is 0. The Morgan fingerprint density at radius 3 is 2.24 bits per heavy atom. The van der Waals surface area contributed by atoms with Gasteiger partial charge in [0, 0.05) is 0 Å². The Labute approximate surface area is 103 Å². The summed E-state index contributed by atoms with van der Waals surface area (Å²) in [5.74, 6) is 0. The van der Waals surface area contributed by atoms with E-state index in [1.165, 1.54) is 30.4 Å². The Bertz CT molecular complexity index is 456. The number of nitrogens with zero attached hydrogens (tertiary/aromatic N) is 1. The minimum atomic E-state index is 0.0333. The lowest BCUT2D eigenvalue weighted by Gasteiger charge is -2.50. The van der Waals surface area contributed by atoms with E-state index in [0.29, 0.717) is 5.41 Å². The molecule has 0 heterocycles. The first-order valence-corrected chi connectivity index (χ1v) is 6.67. The first-order valence-electron chi connectivity index (χ1n) is 6.67. The number of hydrogen-bond acceptors (Lipinski definition) is 1. The Kier molecular flexibility index (Phi) is 2.30. The predicted octanol–water partition coefficient (Wildman–Crippen LogP) is 4.11. The van der Waals surface area contributed by atoms with Gasteiger partial charge in [0.05, 0.1) is 11.5 Å². The van der Waals surface area contributed by atoms with Crippen LogP contribution in [-0.2, 0) is 5.41 Å². The molecule has 2 bridgehead atoms. The fourth-order valence-corrected chi connectivity index (χ4v) is 3.76. The van der Waals surface area contributed by atoms with E-state index in [2.05, 4.69) is 37.3 Å². The molecule has 1 aromatic rings. The number of fused-ring (bicyclic) bond motifs is 3. The molecule has 0 unspecified atom stereocenters. The summed E-state index contributed by atoms with van der Waals surface area (Å²) in [6, 6.07) is 11.6. The summed E-state index contributed by atoms with van der Waals surface area (Å²) in [4.78, 5) is 0. The van der Waals surface area contributed by atoms with Crippen LogP contribution in [0.25, 0.3) is 0 Å². The second kappa shape index (κ2) is 3.60. The number of benzene rings is 1. The van der Waals surface area contributed by atoms with Crippen molar-refractivity contribution in [2.24, 2.45) is 5.41 Å². The van der Waals surface area contributed by atoms with Gasteiger partial charge in [-0.3, -0.25) is 0 Å². The topological polar surface area (TPSA) is 23.8 Å². The Morgan fingerprint density at radius 2 is 1.71 bits per heavy atom. The first-order chi connectivity index (χ1) is 8.18. The Balaban J connectivity index is 1.93. The van der Waals surface area contributed by atoms with E-state index >= 15 is 0 Å². The predicted molar refractivity (Wildman–Crippen MR) is 68.6 cm³/mol. The smallest absolute Gasteiger partial charge is 0.0689 e. The summed E-state index contributed by atoms with van der Waals surface area (Å²) in [5, 5.41) is 9.31. The molecule has 0 aromatic heterocycles. The minimum Gasteiger partial charge on any atom is -0.198 e. The molecule has 0 saturated heterocycles. The first kappa shape index (κ1) is 10.8. The summed E-state index contributed by atoms with van der Waals surface area (Å²) in [6.07, 6.45) is 6.96. The molecule has 0 N–H and O–H groups in total. The average molecular weight is 225 g/mol. The van der Waals surface area contributed by atoms with Crippen molar-refractivity contribution >= 4 is 0 Å². The van der Waals surface area contributed by atoms with Gasteiger partial charge in [-0.05, 0) is 56.4 Å². The van der Waals surface area contributed by atoms with Crippen LogP contribution < -0.4 is 0 Å². The van der Waals surface area contributed by atoms with Gasteiger partial charge in [-0.25, -0.2) is 0 Å². The second-order valence-electron chi connectivity index (χ2n) is 6.04. The molecule has 3 aliphatic rings. The van der Waals surface area contributed by atoms with Crippen LogP contribution in [-0.4, -0.2) is 0 Å². The van der Waals surface area contributed by atoms with Crippen molar-refractivity contribution in [2.75, 3.05) is 0 Å². The van der Waals surface area contributed by atoms with E-state index in [1.807, 2.05) is 0 Å². The van der Waals surface area contributed by atoms with Crippen LogP contribution >= 0.6 is 0 Å². The normalized spacial score (nSPS) is 35.5. The van der Waals surface area contributed by atoms with Gasteiger partial charge in [-0.1, -0.05) is 29.8 Å².